The largest absolute Gasteiger partial charge is 3.00 e. The van der Waals surface area contributed by atoms with E-state index in [1.165, 1.54) is 0 Å². The second-order valence-electron chi connectivity index (χ2n) is 3.03. The summed E-state index contributed by atoms with van der Waals surface area (Å²) in [6.07, 6.45) is 0. The van der Waals surface area contributed by atoms with Crippen LogP contribution in [0.25, 0.3) is 0 Å². The molecule has 0 aromatic carbocycles. The van der Waals surface area contributed by atoms with Crippen LogP contribution in [-0.4, -0.2) is 70.3 Å². The van der Waals surface area contributed by atoms with Crippen LogP contribution >= 0.6 is 0 Å². The molecule has 0 amide bonds. The number of hydrogen-bond acceptors (Lipinski definition) is 18. The molecule has 0 rings (SSSR count). The Morgan fingerprint density at radius 2 is 0.324 bits per heavy atom. The monoisotopic (exact) mass is 629 g/mol. The number of aliphatic hydroxyl groups excluding tert-OH is 6. The van der Waals surface area contributed by atoms with Crippen molar-refractivity contribution in [3.05, 3.63) is 0 Å². The van der Waals surface area contributed by atoms with Gasteiger partial charge >= 0.3 is 17.1 Å². The molecule has 0 bridgehead atoms. The van der Waals surface area contributed by atoms with Crippen molar-refractivity contribution in [1.29, 1.82) is 0 Å². The van der Waals surface area contributed by atoms with Crippen LogP contribution in [0.3, 0.4) is 0 Å². The van der Waals surface area contributed by atoms with Gasteiger partial charge < -0.3 is 30.6 Å². The Labute approximate surface area is 215 Å². The number of aliphatic hydroxyl groups is 6. The van der Waals surface area contributed by atoms with Crippen LogP contribution in [0.4, 0.5) is 0 Å². The quantitative estimate of drug-likeness (QED) is 0.135. The first-order valence-corrected chi connectivity index (χ1v) is 11.7. The van der Waals surface area contributed by atoms with E-state index in [1.54, 1.807) is 41.5 Å². The van der Waals surface area contributed by atoms with Gasteiger partial charge in [-0.15, -0.1) is 30.7 Å². The van der Waals surface area contributed by atoms with Crippen LogP contribution in [0.2, 0.25) is 0 Å². The van der Waals surface area contributed by atoms with Crippen molar-refractivity contribution in [3.8, 4) is 0 Å². The fraction of sp³-hybridized carbons (Fsp3) is 1.00. The summed E-state index contributed by atoms with van der Waals surface area (Å²) in [6.45, 7) is 11.6. The normalized spacial score (nSPS) is 8.47. The van der Waals surface area contributed by atoms with Crippen LogP contribution < -0.4 is 55.9 Å². The van der Waals surface area contributed by atoms with Crippen LogP contribution in [0.5, 0.6) is 0 Å². The molecule has 0 aromatic rings. The molecule has 0 saturated carbocycles. The zero-order valence-electron chi connectivity index (χ0n) is 19.3. The predicted molar refractivity (Wildman–Crippen MR) is 76.6 cm³/mol. The van der Waals surface area contributed by atoms with Gasteiger partial charge in [-0.25, -0.2) is 55.9 Å². The third-order valence-electron chi connectivity index (χ3n) is 0. The maximum atomic E-state index is 8.49. The van der Waals surface area contributed by atoms with E-state index in [0.29, 0.717) is 0 Å². The molecule has 34 heavy (non-hydrogen) atoms. The van der Waals surface area contributed by atoms with Crippen molar-refractivity contribution in [1.82, 2.24) is 0 Å². The van der Waals surface area contributed by atoms with Gasteiger partial charge in [0.2, 0.25) is 0 Å². The van der Waals surface area contributed by atoms with E-state index in [2.05, 4.69) is 0 Å². The summed E-state index contributed by atoms with van der Waals surface area (Å²) in [5.41, 5.74) is 0. The number of halogens is 3. The van der Waals surface area contributed by atoms with Crippen LogP contribution in [0.15, 0.2) is 0 Å². The van der Waals surface area contributed by atoms with Gasteiger partial charge in [0.1, 0.15) is 0 Å². The summed E-state index contributed by atoms with van der Waals surface area (Å²) in [5.74, 6) is 0. The average molecular weight is 631 g/mol. The average Bonchev–Trinajstić information content (AvgIpc) is 2.46. The molecule has 0 aromatic heterocycles. The molecule has 0 aliphatic heterocycles. The Kier molecular flexibility index (Phi) is 112. The van der Waals surface area contributed by atoms with Gasteiger partial charge in [0.05, 0.1) is 0 Å². The van der Waals surface area contributed by atoms with E-state index in [0.717, 1.165) is 0 Å². The van der Waals surface area contributed by atoms with E-state index in [1.807, 2.05) is 0 Å². The van der Waals surface area contributed by atoms with Gasteiger partial charge in [-0.2, -0.15) is 0 Å². The van der Waals surface area contributed by atoms with Gasteiger partial charge in [-0.05, 0) is 41.5 Å². The molecule has 0 heterocycles. The van der Waals surface area contributed by atoms with E-state index in [4.69, 9.17) is 86.5 Å². The third-order valence-corrected chi connectivity index (χ3v) is 0. The first-order chi connectivity index (χ1) is 14.5. The fourth-order valence-corrected chi connectivity index (χ4v) is 0. The number of hydrogen-bond donors (Lipinski definition) is 6. The summed E-state index contributed by atoms with van der Waals surface area (Å²) >= 11 is 0. The molecular formula is C12H36Cl3FeO18. The van der Waals surface area contributed by atoms with E-state index in [-0.39, 0.29) is 56.7 Å². The second-order valence-corrected chi connectivity index (χ2v) is 5.30. The van der Waals surface area contributed by atoms with Crippen LogP contribution in [0, 0.1) is 30.7 Å². The molecule has 0 saturated heterocycles. The SMILES string of the molecule is CCO.CCO.CCO.CCO.CCO.CCO.[Fe+3].[O-][Cl+3]([O-])([O-])[O-].[O-][Cl+3]([O-])([O-])[O-].[O-][Cl+3]([O-])([O-])[O-]. The molecule has 0 aliphatic carbocycles. The fourth-order valence-electron chi connectivity index (χ4n) is 0. The maximum absolute atomic E-state index is 8.49. The minimum Gasteiger partial charge on any atom is -0.397 e. The van der Waals surface area contributed by atoms with Gasteiger partial charge in [0.25, 0.3) is 0 Å². The van der Waals surface area contributed by atoms with Crippen molar-refractivity contribution in [3.63, 3.8) is 0 Å². The molecular weight excluding hydrogens is 594 g/mol. The molecule has 0 spiro atoms. The van der Waals surface area contributed by atoms with E-state index < -0.39 is 30.7 Å². The summed E-state index contributed by atoms with van der Waals surface area (Å²) in [4.78, 5) is 0. The Bertz CT molecular complexity index is 180. The zero-order chi connectivity index (χ0) is 29.7. The van der Waals surface area contributed by atoms with Gasteiger partial charge in [0, 0.05) is 39.6 Å². The molecule has 0 aliphatic rings. The minimum absolute atomic E-state index is 0. The van der Waals surface area contributed by atoms with Gasteiger partial charge in [-0.3, -0.25) is 0 Å². The smallest absolute Gasteiger partial charge is 0.397 e. The Morgan fingerprint density at radius 3 is 0.324 bits per heavy atom. The summed E-state index contributed by atoms with van der Waals surface area (Å²) in [5, 5.41) is 45.4. The maximum Gasteiger partial charge on any atom is 3.00 e. The van der Waals surface area contributed by atoms with Crippen LogP contribution in [0.1, 0.15) is 41.5 Å². The molecule has 0 atom stereocenters. The van der Waals surface area contributed by atoms with Gasteiger partial charge in [0.15, 0.2) is 0 Å². The second kappa shape index (κ2) is 59.0. The molecule has 18 nitrogen and oxygen atoms in total. The number of rotatable bonds is 0. The molecule has 0 unspecified atom stereocenters. The standard InChI is InChI=1S/6C2H6O.3ClHO4.Fe/c6*1-2-3;3*2-1(3,4)5;/h6*3H,2H2,1H3;3*(H,2,3,4,5);/q;;;;;;;;;+3/p-3. The summed E-state index contributed by atoms with van der Waals surface area (Å²) in [7, 11) is -14.8. The van der Waals surface area contributed by atoms with E-state index >= 15 is 0 Å². The topological polar surface area (TPSA) is 398 Å². The first-order valence-electron chi connectivity index (χ1n) is 7.99. The van der Waals surface area contributed by atoms with Crippen molar-refractivity contribution in [2.24, 2.45) is 0 Å². The van der Waals surface area contributed by atoms with Crippen molar-refractivity contribution < 1.29 is 134 Å². The summed E-state index contributed by atoms with van der Waals surface area (Å²) < 4.78 is 102. The van der Waals surface area contributed by atoms with Gasteiger partial charge in [-0.1, -0.05) is 0 Å². The van der Waals surface area contributed by atoms with E-state index in [9.17, 15) is 0 Å². The summed E-state index contributed by atoms with van der Waals surface area (Å²) in [6, 6.07) is 0. The minimum atomic E-state index is -4.94. The van der Waals surface area contributed by atoms with Crippen molar-refractivity contribution >= 4 is 0 Å². The van der Waals surface area contributed by atoms with Crippen molar-refractivity contribution in [2.45, 2.75) is 41.5 Å². The first kappa shape index (κ1) is 64.6. The molecule has 221 valence electrons. The Balaban J connectivity index is -0.0000000240. The molecule has 1 radical (unpaired) electrons. The molecule has 0 fully saturated rings. The molecule has 6 N–H and O–H groups in total. The van der Waals surface area contributed by atoms with Crippen molar-refractivity contribution in [2.75, 3.05) is 39.6 Å². The Hall–Kier alpha value is 0.669. The van der Waals surface area contributed by atoms with Crippen LogP contribution in [-0.2, 0) is 17.1 Å². The predicted octanol–water partition coefficient (Wildman–Crippen LogP) is -14.3. The third kappa shape index (κ3) is 73100. The Morgan fingerprint density at radius 1 is 0.324 bits per heavy atom. The molecule has 22 heteroatoms. The zero-order valence-corrected chi connectivity index (χ0v) is 22.7.